The average Bonchev–Trinajstić information content (AvgIpc) is 2.39. The molecule has 0 bridgehead atoms. The van der Waals surface area contributed by atoms with Crippen LogP contribution in [0.1, 0.15) is 5.56 Å². The van der Waals surface area contributed by atoms with Crippen molar-refractivity contribution in [3.8, 4) is 0 Å². The Balaban J connectivity index is 2.29. The largest absolute Gasteiger partial charge is 0.223 e. The summed E-state index contributed by atoms with van der Waals surface area (Å²) in [6.45, 7) is 3.84. The van der Waals surface area contributed by atoms with E-state index in [-0.39, 0.29) is 15.7 Å². The van der Waals surface area contributed by atoms with Gasteiger partial charge in [-0.1, -0.05) is 60.6 Å². The van der Waals surface area contributed by atoms with Gasteiger partial charge in [-0.05, 0) is 23.3 Å². The predicted octanol–water partition coefficient (Wildman–Crippen LogP) is 3.83. The van der Waals surface area contributed by atoms with Crippen molar-refractivity contribution in [3.63, 3.8) is 0 Å². The Morgan fingerprint density at radius 1 is 1.00 bits per heavy atom. The molecule has 0 atom stereocenters. The molecule has 0 saturated carbocycles. The molecular weight excluding hydrogens is 280 g/mol. The summed E-state index contributed by atoms with van der Waals surface area (Å²) in [4.78, 5) is 0.147. The van der Waals surface area contributed by atoms with Gasteiger partial charge in [-0.15, -0.1) is 0 Å². The molecule has 4 heteroatoms. The van der Waals surface area contributed by atoms with Crippen molar-refractivity contribution < 1.29 is 8.42 Å². The summed E-state index contributed by atoms with van der Waals surface area (Å²) in [5, 5.41) is 0.239. The maximum atomic E-state index is 12.3. The fraction of sp³-hybridized carbons (Fsp3) is 0.0667. The Kier molecular flexibility index (Phi) is 4.08. The number of rotatable bonds is 4. The van der Waals surface area contributed by atoms with Crippen molar-refractivity contribution in [2.45, 2.75) is 4.90 Å². The summed E-state index contributed by atoms with van der Waals surface area (Å²) < 4.78 is 24.6. The third-order valence-electron chi connectivity index (χ3n) is 2.72. The molecule has 0 aliphatic heterocycles. The third-order valence-corrected chi connectivity index (χ3v) is 4.91. The first-order valence-corrected chi connectivity index (χ1v) is 7.74. The highest BCUT2D eigenvalue weighted by Gasteiger charge is 2.19. The molecule has 0 radical (unpaired) electrons. The molecule has 0 aliphatic carbocycles. The molecule has 0 saturated heterocycles. The van der Waals surface area contributed by atoms with Gasteiger partial charge in [0.15, 0.2) is 9.84 Å². The zero-order valence-electron chi connectivity index (χ0n) is 10.2. The fourth-order valence-corrected chi connectivity index (χ4v) is 3.68. The van der Waals surface area contributed by atoms with Gasteiger partial charge in [-0.25, -0.2) is 8.42 Å². The van der Waals surface area contributed by atoms with Crippen LogP contribution in [0.4, 0.5) is 0 Å². The van der Waals surface area contributed by atoms with Crippen molar-refractivity contribution in [3.05, 3.63) is 71.8 Å². The summed E-state index contributed by atoms with van der Waals surface area (Å²) in [6.07, 6.45) is 0. The standard InChI is InChI=1S/C15H13ClO2S/c1-12(13-7-3-2-4-8-13)11-19(17,18)15-10-6-5-9-14(15)16/h2-10H,1,11H2. The number of hydrogen-bond acceptors (Lipinski definition) is 2. The van der Waals surface area contributed by atoms with Crippen LogP contribution in [-0.2, 0) is 9.84 Å². The lowest BCUT2D eigenvalue weighted by Gasteiger charge is -2.08. The van der Waals surface area contributed by atoms with Crippen LogP contribution in [0.5, 0.6) is 0 Å². The van der Waals surface area contributed by atoms with E-state index in [1.54, 1.807) is 18.2 Å². The fourth-order valence-electron chi connectivity index (χ4n) is 1.76. The average molecular weight is 293 g/mol. The Bertz CT molecular complexity index is 691. The maximum absolute atomic E-state index is 12.3. The minimum atomic E-state index is -3.47. The van der Waals surface area contributed by atoms with Gasteiger partial charge in [-0.3, -0.25) is 0 Å². The first-order chi connectivity index (χ1) is 9.00. The molecule has 2 aromatic rings. The summed E-state index contributed by atoms with van der Waals surface area (Å²) in [5.74, 6) is -0.138. The van der Waals surface area contributed by atoms with E-state index in [1.807, 2.05) is 30.3 Å². The van der Waals surface area contributed by atoms with Crippen molar-refractivity contribution in [1.29, 1.82) is 0 Å². The van der Waals surface area contributed by atoms with Crippen molar-refractivity contribution in [2.24, 2.45) is 0 Å². The van der Waals surface area contributed by atoms with Crippen LogP contribution in [0, 0.1) is 0 Å². The Hall–Kier alpha value is -1.58. The molecule has 0 aliphatic rings. The molecule has 0 amide bonds. The summed E-state index contributed by atoms with van der Waals surface area (Å²) >= 11 is 5.93. The Morgan fingerprint density at radius 3 is 2.21 bits per heavy atom. The molecule has 0 heterocycles. The second-order valence-electron chi connectivity index (χ2n) is 4.16. The Labute approximate surface area is 118 Å². The van der Waals surface area contributed by atoms with E-state index >= 15 is 0 Å². The van der Waals surface area contributed by atoms with Crippen LogP contribution >= 0.6 is 11.6 Å². The van der Waals surface area contributed by atoms with E-state index in [0.29, 0.717) is 5.57 Å². The smallest absolute Gasteiger partial charge is 0.183 e. The first-order valence-electron chi connectivity index (χ1n) is 5.71. The van der Waals surface area contributed by atoms with Crippen LogP contribution in [0.3, 0.4) is 0 Å². The van der Waals surface area contributed by atoms with Gasteiger partial charge in [0, 0.05) is 0 Å². The second-order valence-corrected chi connectivity index (χ2v) is 6.52. The molecule has 0 N–H and O–H groups in total. The highest BCUT2D eigenvalue weighted by Crippen LogP contribution is 2.25. The van der Waals surface area contributed by atoms with Gasteiger partial charge < -0.3 is 0 Å². The maximum Gasteiger partial charge on any atom is 0.183 e. The Morgan fingerprint density at radius 2 is 1.58 bits per heavy atom. The molecule has 2 nitrogen and oxygen atoms in total. The molecule has 0 unspecified atom stereocenters. The number of benzene rings is 2. The predicted molar refractivity (Wildman–Crippen MR) is 79.0 cm³/mol. The molecule has 2 aromatic carbocycles. The van der Waals surface area contributed by atoms with Crippen LogP contribution in [0.25, 0.3) is 5.57 Å². The number of halogens is 1. The first kappa shape index (κ1) is 13.8. The zero-order valence-corrected chi connectivity index (χ0v) is 11.8. The minimum absolute atomic E-state index is 0.138. The normalized spacial score (nSPS) is 11.2. The van der Waals surface area contributed by atoms with Crippen LogP contribution in [0.2, 0.25) is 5.02 Å². The minimum Gasteiger partial charge on any atom is -0.223 e. The lowest BCUT2D eigenvalue weighted by atomic mass is 10.1. The molecule has 0 spiro atoms. The van der Waals surface area contributed by atoms with Gasteiger partial charge in [-0.2, -0.15) is 0 Å². The van der Waals surface area contributed by atoms with Crippen LogP contribution in [0.15, 0.2) is 66.1 Å². The van der Waals surface area contributed by atoms with E-state index in [9.17, 15) is 8.42 Å². The number of sulfone groups is 1. The monoisotopic (exact) mass is 292 g/mol. The van der Waals surface area contributed by atoms with Crippen molar-refractivity contribution in [2.75, 3.05) is 5.75 Å². The van der Waals surface area contributed by atoms with Gasteiger partial charge in [0.05, 0.1) is 15.7 Å². The highest BCUT2D eigenvalue weighted by molar-refractivity contribution is 7.92. The van der Waals surface area contributed by atoms with E-state index < -0.39 is 9.84 Å². The third kappa shape index (κ3) is 3.25. The van der Waals surface area contributed by atoms with Crippen molar-refractivity contribution in [1.82, 2.24) is 0 Å². The van der Waals surface area contributed by atoms with E-state index in [4.69, 9.17) is 11.6 Å². The van der Waals surface area contributed by atoms with E-state index in [0.717, 1.165) is 5.56 Å². The van der Waals surface area contributed by atoms with Crippen LogP contribution in [-0.4, -0.2) is 14.2 Å². The molecule has 98 valence electrons. The van der Waals surface area contributed by atoms with Gasteiger partial charge in [0.1, 0.15) is 0 Å². The lowest BCUT2D eigenvalue weighted by molar-refractivity contribution is 0.599. The topological polar surface area (TPSA) is 34.1 Å². The van der Waals surface area contributed by atoms with Crippen molar-refractivity contribution >= 4 is 27.0 Å². The number of hydrogen-bond donors (Lipinski definition) is 0. The molecule has 2 rings (SSSR count). The van der Waals surface area contributed by atoms with Gasteiger partial charge >= 0.3 is 0 Å². The quantitative estimate of drug-likeness (QED) is 0.858. The highest BCUT2D eigenvalue weighted by atomic mass is 35.5. The SMILES string of the molecule is C=C(CS(=O)(=O)c1ccccc1Cl)c1ccccc1. The summed E-state index contributed by atoms with van der Waals surface area (Å²) in [6, 6.07) is 15.7. The molecule has 19 heavy (non-hydrogen) atoms. The lowest BCUT2D eigenvalue weighted by Crippen LogP contribution is -2.08. The summed E-state index contributed by atoms with van der Waals surface area (Å²) in [5.41, 5.74) is 1.37. The van der Waals surface area contributed by atoms with Gasteiger partial charge in [0.2, 0.25) is 0 Å². The van der Waals surface area contributed by atoms with E-state index in [1.165, 1.54) is 6.07 Å². The second kappa shape index (κ2) is 5.59. The van der Waals surface area contributed by atoms with E-state index in [2.05, 4.69) is 6.58 Å². The molecule has 0 fully saturated rings. The summed E-state index contributed by atoms with van der Waals surface area (Å²) in [7, 11) is -3.47. The van der Waals surface area contributed by atoms with Crippen LogP contribution < -0.4 is 0 Å². The van der Waals surface area contributed by atoms with Gasteiger partial charge in [0.25, 0.3) is 0 Å². The zero-order chi connectivity index (χ0) is 13.9. The molecule has 0 aromatic heterocycles. The molecular formula is C15H13ClO2S.